The van der Waals surface area contributed by atoms with Gasteiger partial charge in [0.15, 0.2) is 0 Å². The van der Waals surface area contributed by atoms with Crippen LogP contribution in [-0.4, -0.2) is 17.7 Å². The van der Waals surface area contributed by atoms with Gasteiger partial charge < -0.3 is 0 Å². The lowest BCUT2D eigenvalue weighted by Crippen LogP contribution is -2.14. The summed E-state index contributed by atoms with van der Waals surface area (Å²) in [6.45, 7) is 12.3. The zero-order chi connectivity index (χ0) is 21.3. The second-order valence-corrected chi connectivity index (χ2v) is 9.52. The van der Waals surface area contributed by atoms with Crippen LogP contribution in [0.5, 0.6) is 0 Å². The summed E-state index contributed by atoms with van der Waals surface area (Å²) in [7, 11) is 0. The molecule has 1 aliphatic heterocycles. The van der Waals surface area contributed by atoms with Gasteiger partial charge in [-0.05, 0) is 57.2 Å². The number of hydrogen-bond acceptors (Lipinski definition) is 4. The van der Waals surface area contributed by atoms with Crippen LogP contribution in [0.15, 0.2) is 45.6 Å². The Bertz CT molecular complexity index is 1030. The molecule has 0 fully saturated rings. The predicted molar refractivity (Wildman–Crippen MR) is 125 cm³/mol. The lowest BCUT2D eigenvalue weighted by Gasteiger charge is -2.20. The quantitative estimate of drug-likeness (QED) is 0.526. The molecule has 0 saturated carbocycles. The fraction of sp³-hybridized carbons (Fsp3) is 0.375. The zero-order valence-electron chi connectivity index (χ0n) is 17.8. The molecule has 0 aliphatic carbocycles. The normalized spacial score (nSPS) is 22.2. The van der Waals surface area contributed by atoms with Crippen molar-refractivity contribution in [1.82, 2.24) is 0 Å². The summed E-state index contributed by atoms with van der Waals surface area (Å²) in [5.41, 5.74) is 5.82. The number of hydrogen-bond donors (Lipinski definition) is 0. The highest BCUT2D eigenvalue weighted by molar-refractivity contribution is 7.12. The van der Waals surface area contributed by atoms with Crippen molar-refractivity contribution in [1.29, 1.82) is 0 Å². The Morgan fingerprint density at radius 2 is 1.79 bits per heavy atom. The smallest absolute Gasteiger partial charge is 0.135 e. The Balaban J connectivity index is 2.37. The molecule has 1 aromatic carbocycles. The third-order valence-electron chi connectivity index (χ3n) is 5.55. The van der Waals surface area contributed by atoms with Gasteiger partial charge >= 0.3 is 0 Å². The lowest BCUT2D eigenvalue weighted by atomic mass is 9.88. The Morgan fingerprint density at radius 1 is 1.14 bits per heavy atom. The highest BCUT2D eigenvalue weighted by atomic mass is 35.5. The van der Waals surface area contributed by atoms with Crippen molar-refractivity contribution < 1.29 is 4.79 Å². The summed E-state index contributed by atoms with van der Waals surface area (Å²) < 4.78 is 0. The number of thiophene rings is 1. The minimum absolute atomic E-state index is 0.0747. The van der Waals surface area contributed by atoms with E-state index in [4.69, 9.17) is 16.6 Å². The first-order chi connectivity index (χ1) is 13.7. The number of benzene rings is 1. The van der Waals surface area contributed by atoms with E-state index in [1.54, 1.807) is 6.92 Å². The maximum Gasteiger partial charge on any atom is 0.135 e. The first-order valence-corrected chi connectivity index (χ1v) is 11.1. The largest absolute Gasteiger partial charge is 0.300 e. The van der Waals surface area contributed by atoms with Crippen LogP contribution in [0, 0.1) is 19.8 Å². The fourth-order valence-electron chi connectivity index (χ4n) is 3.43. The van der Waals surface area contributed by atoms with Gasteiger partial charge in [-0.1, -0.05) is 37.6 Å². The molecule has 2 atom stereocenters. The van der Waals surface area contributed by atoms with Crippen molar-refractivity contribution in [2.45, 2.75) is 53.9 Å². The summed E-state index contributed by atoms with van der Waals surface area (Å²) in [6.07, 6.45) is 2.26. The van der Waals surface area contributed by atoms with Gasteiger partial charge in [-0.15, -0.1) is 11.3 Å². The maximum absolute atomic E-state index is 12.0. The van der Waals surface area contributed by atoms with Crippen LogP contribution in [0.3, 0.4) is 0 Å². The topological polar surface area (TPSA) is 41.8 Å². The Labute approximate surface area is 182 Å². The van der Waals surface area contributed by atoms with Gasteiger partial charge in [0.05, 0.1) is 23.5 Å². The molecule has 29 heavy (non-hydrogen) atoms. The standard InChI is InChI=1S/C24H27ClN2OS/c1-13-12-26-17(5)21(11-14(2)28)27-23(19-7-9-20(25)10-8-19)22-16(4)18(6)29-24(22)15(13)3/h7-10,12-13,15H,11H2,1-6H3/b21-17+,26-12?,27-23?. The molecule has 0 spiro atoms. The van der Waals surface area contributed by atoms with Gasteiger partial charge in [0.2, 0.25) is 0 Å². The van der Waals surface area contributed by atoms with Gasteiger partial charge in [-0.25, -0.2) is 4.99 Å². The van der Waals surface area contributed by atoms with E-state index < -0.39 is 0 Å². The molecule has 0 radical (unpaired) electrons. The molecule has 5 heteroatoms. The SMILES string of the molecule is CC(=O)C/C1=C(/C)N=CC(C)C(C)c2sc(C)c(C)c2C(c2ccc(Cl)cc2)=N1. The number of carbonyl (C=O) groups excluding carboxylic acids is 1. The van der Waals surface area contributed by atoms with Crippen LogP contribution in [0.25, 0.3) is 0 Å². The molecule has 1 aromatic heterocycles. The summed E-state index contributed by atoms with van der Waals surface area (Å²) >= 11 is 7.98. The van der Waals surface area contributed by atoms with Crippen molar-refractivity contribution in [3.05, 3.63) is 67.1 Å². The lowest BCUT2D eigenvalue weighted by molar-refractivity contribution is -0.116. The third kappa shape index (κ3) is 4.59. The van der Waals surface area contributed by atoms with Crippen molar-refractivity contribution in [3.8, 4) is 0 Å². The molecule has 2 unspecified atom stereocenters. The third-order valence-corrected chi connectivity index (χ3v) is 7.21. The van der Waals surface area contributed by atoms with E-state index in [0.717, 1.165) is 22.7 Å². The van der Waals surface area contributed by atoms with Crippen molar-refractivity contribution in [2.24, 2.45) is 15.9 Å². The first-order valence-electron chi connectivity index (χ1n) is 9.87. The van der Waals surface area contributed by atoms with Crippen LogP contribution in [0.1, 0.15) is 66.5 Å². The van der Waals surface area contributed by atoms with Crippen LogP contribution in [0.2, 0.25) is 5.02 Å². The Kier molecular flexibility index (Phi) is 6.55. The number of carbonyl (C=O) groups is 1. The van der Waals surface area contributed by atoms with Crippen molar-refractivity contribution >= 4 is 40.6 Å². The average molecular weight is 427 g/mol. The molecule has 3 rings (SSSR count). The fourth-order valence-corrected chi connectivity index (χ4v) is 4.90. The van der Waals surface area contributed by atoms with Gasteiger partial charge in [-0.3, -0.25) is 9.79 Å². The number of rotatable bonds is 3. The Hall–Kier alpha value is -2.04. The molecular weight excluding hydrogens is 400 g/mol. The molecule has 1 aliphatic rings. The van der Waals surface area contributed by atoms with Gasteiger partial charge in [-0.2, -0.15) is 0 Å². The van der Waals surface area contributed by atoms with Gasteiger partial charge in [0.1, 0.15) is 5.78 Å². The van der Waals surface area contributed by atoms with E-state index in [-0.39, 0.29) is 18.1 Å². The minimum atomic E-state index is 0.0747. The van der Waals surface area contributed by atoms with Crippen molar-refractivity contribution in [3.63, 3.8) is 0 Å². The van der Waals surface area contributed by atoms with Crippen LogP contribution in [-0.2, 0) is 4.79 Å². The van der Waals surface area contributed by atoms with E-state index in [0.29, 0.717) is 10.9 Å². The van der Waals surface area contributed by atoms with Crippen molar-refractivity contribution in [2.75, 3.05) is 0 Å². The highest BCUT2D eigenvalue weighted by Crippen LogP contribution is 2.39. The number of aryl methyl sites for hydroxylation is 1. The number of halogens is 1. The molecule has 0 amide bonds. The maximum atomic E-state index is 12.0. The van der Waals surface area contributed by atoms with E-state index in [2.05, 4.69) is 32.7 Å². The van der Waals surface area contributed by atoms with Crippen LogP contribution in [0.4, 0.5) is 0 Å². The summed E-state index contributed by atoms with van der Waals surface area (Å²) in [6, 6.07) is 7.78. The molecule has 2 heterocycles. The predicted octanol–water partition coefficient (Wildman–Crippen LogP) is 6.89. The number of Topliss-reactive ketones (excluding diaryl/α,β-unsaturated/α-hetero) is 1. The summed E-state index contributed by atoms with van der Waals surface area (Å²) in [5.74, 6) is 0.653. The number of ketones is 1. The molecule has 3 nitrogen and oxygen atoms in total. The second-order valence-electron chi connectivity index (χ2n) is 7.83. The zero-order valence-corrected chi connectivity index (χ0v) is 19.4. The van der Waals surface area contributed by atoms with E-state index >= 15 is 0 Å². The first kappa shape index (κ1) is 21.7. The van der Waals surface area contributed by atoms with Gasteiger partial charge in [0, 0.05) is 32.1 Å². The minimum Gasteiger partial charge on any atom is -0.300 e. The van der Waals surface area contributed by atoms with E-state index in [1.165, 1.54) is 20.9 Å². The molecule has 0 saturated heterocycles. The van der Waals surface area contributed by atoms with E-state index in [1.807, 2.05) is 48.7 Å². The molecule has 152 valence electrons. The number of fused-ring (bicyclic) bond motifs is 1. The number of allylic oxidation sites excluding steroid dienone is 2. The van der Waals surface area contributed by atoms with Gasteiger partial charge in [0.25, 0.3) is 0 Å². The molecule has 2 aromatic rings. The van der Waals surface area contributed by atoms with Crippen LogP contribution < -0.4 is 0 Å². The number of aliphatic imine (C=N–C) groups is 2. The Morgan fingerprint density at radius 3 is 2.41 bits per heavy atom. The van der Waals surface area contributed by atoms with E-state index in [9.17, 15) is 4.79 Å². The highest BCUT2D eigenvalue weighted by Gasteiger charge is 2.26. The molecular formula is C24H27ClN2OS. The molecule has 0 N–H and O–H groups in total. The van der Waals surface area contributed by atoms with Crippen LogP contribution >= 0.6 is 22.9 Å². The summed E-state index contributed by atoms with van der Waals surface area (Å²) in [4.78, 5) is 24.3. The summed E-state index contributed by atoms with van der Waals surface area (Å²) in [5, 5.41) is 0.690. The second kappa shape index (κ2) is 8.76. The molecule has 0 bridgehead atoms. The number of nitrogens with zero attached hydrogens (tertiary/aromatic N) is 2. The average Bonchev–Trinajstić information content (AvgIpc) is 2.97. The monoisotopic (exact) mass is 426 g/mol.